The number of thioether (sulfide) groups is 1. The van der Waals surface area contributed by atoms with E-state index in [1.54, 1.807) is 26.0 Å². The number of nitrogens with two attached hydrogens (primary N) is 1. The molecule has 0 bridgehead atoms. The minimum atomic E-state index is -0.888. The molecule has 1 saturated heterocycles. The number of halogens is 2. The quantitative estimate of drug-likeness (QED) is 0.569. The van der Waals surface area contributed by atoms with Crippen molar-refractivity contribution in [1.29, 1.82) is 0 Å². The summed E-state index contributed by atoms with van der Waals surface area (Å²) in [6.07, 6.45) is 2.86. The lowest BCUT2D eigenvalue weighted by atomic mass is 10.0. The van der Waals surface area contributed by atoms with Crippen LogP contribution in [0.1, 0.15) is 24.8 Å². The zero-order valence-electron chi connectivity index (χ0n) is 19.1. The van der Waals surface area contributed by atoms with Crippen molar-refractivity contribution in [3.63, 3.8) is 0 Å². The Labute approximate surface area is 198 Å². The van der Waals surface area contributed by atoms with E-state index < -0.39 is 11.6 Å². The van der Waals surface area contributed by atoms with Crippen LogP contribution < -0.4 is 24.8 Å². The molecule has 2 aliphatic heterocycles. The number of anilines is 1. The number of hydrogen-bond donors (Lipinski definition) is 1. The van der Waals surface area contributed by atoms with Crippen molar-refractivity contribution in [2.75, 3.05) is 45.4 Å². The Hall–Kier alpha value is -2.23. The molecule has 2 aliphatic rings. The smallest absolute Gasteiger partial charge is 0.162 e. The highest BCUT2D eigenvalue weighted by Crippen LogP contribution is 2.43. The van der Waals surface area contributed by atoms with Gasteiger partial charge in [0.2, 0.25) is 0 Å². The predicted molar refractivity (Wildman–Crippen MR) is 127 cm³/mol. The topological polar surface area (TPSA) is 60.2 Å². The van der Waals surface area contributed by atoms with Crippen molar-refractivity contribution in [3.05, 3.63) is 47.5 Å². The highest BCUT2D eigenvalue weighted by atomic mass is 32.2. The lowest BCUT2D eigenvalue weighted by Crippen LogP contribution is -2.53. The average Bonchev–Trinajstić information content (AvgIpc) is 2.83. The standard InChI is InChI=1S/C24H31F2N3O3S/c1-30-22-12-16-15-33-24(27)29(21(16)14-23(22)31-2)17-6-9-28(10-7-17)8-3-11-32-18-4-5-19(25)20(26)13-18/h4-5,12-14,17,24H,3,6-11,15,27H2,1-2H3. The number of methoxy groups -OCH3 is 2. The van der Waals surface area contributed by atoms with E-state index in [1.807, 2.05) is 0 Å². The molecule has 1 fully saturated rings. The summed E-state index contributed by atoms with van der Waals surface area (Å²) in [5, 5.41) is 0. The van der Waals surface area contributed by atoms with Crippen LogP contribution in [0.5, 0.6) is 17.2 Å². The van der Waals surface area contributed by atoms with Gasteiger partial charge in [0.15, 0.2) is 23.1 Å². The summed E-state index contributed by atoms with van der Waals surface area (Å²) in [5.41, 5.74) is 8.80. The molecule has 0 aliphatic carbocycles. The Kier molecular flexibility index (Phi) is 7.82. The Morgan fingerprint density at radius 1 is 1.03 bits per heavy atom. The molecular formula is C24H31F2N3O3S. The fourth-order valence-electron chi connectivity index (χ4n) is 4.53. The Balaban J connectivity index is 1.30. The van der Waals surface area contributed by atoms with Gasteiger partial charge in [-0.2, -0.15) is 0 Å². The van der Waals surface area contributed by atoms with Crippen LogP contribution in [-0.2, 0) is 5.75 Å². The highest BCUT2D eigenvalue weighted by Gasteiger charge is 2.33. The number of benzene rings is 2. The van der Waals surface area contributed by atoms with Gasteiger partial charge >= 0.3 is 0 Å². The monoisotopic (exact) mass is 479 g/mol. The highest BCUT2D eigenvalue weighted by molar-refractivity contribution is 7.99. The number of nitrogens with zero attached hydrogens (tertiary/aromatic N) is 2. The first-order chi connectivity index (χ1) is 16.0. The van der Waals surface area contributed by atoms with Crippen molar-refractivity contribution < 1.29 is 23.0 Å². The van der Waals surface area contributed by atoms with E-state index in [1.165, 1.54) is 11.6 Å². The molecule has 0 amide bonds. The van der Waals surface area contributed by atoms with Crippen LogP contribution in [0.25, 0.3) is 0 Å². The maximum atomic E-state index is 13.3. The van der Waals surface area contributed by atoms with Crippen LogP contribution in [0.4, 0.5) is 14.5 Å². The Morgan fingerprint density at radius 2 is 1.76 bits per heavy atom. The molecule has 0 spiro atoms. The van der Waals surface area contributed by atoms with E-state index in [0.29, 0.717) is 18.4 Å². The van der Waals surface area contributed by atoms with Gasteiger partial charge in [-0.05, 0) is 43.0 Å². The van der Waals surface area contributed by atoms with Gasteiger partial charge in [0.25, 0.3) is 0 Å². The van der Waals surface area contributed by atoms with E-state index >= 15 is 0 Å². The molecule has 2 aromatic rings. The Bertz CT molecular complexity index is 957. The molecule has 1 atom stereocenters. The first-order valence-corrected chi connectivity index (χ1v) is 12.3. The van der Waals surface area contributed by atoms with Gasteiger partial charge in [0.05, 0.1) is 20.8 Å². The summed E-state index contributed by atoms with van der Waals surface area (Å²) in [4.78, 5) is 4.76. The Morgan fingerprint density at radius 3 is 2.45 bits per heavy atom. The van der Waals surface area contributed by atoms with Crippen LogP contribution in [0.15, 0.2) is 30.3 Å². The second kappa shape index (κ2) is 10.8. The van der Waals surface area contributed by atoms with Gasteiger partial charge in [-0.25, -0.2) is 8.78 Å². The van der Waals surface area contributed by atoms with Gasteiger partial charge in [-0.15, -0.1) is 11.8 Å². The lowest BCUT2D eigenvalue weighted by molar-refractivity contribution is 0.189. The van der Waals surface area contributed by atoms with Gasteiger partial charge in [0, 0.05) is 49.2 Å². The van der Waals surface area contributed by atoms with E-state index in [2.05, 4.69) is 21.9 Å². The molecule has 9 heteroatoms. The molecule has 0 radical (unpaired) electrons. The van der Waals surface area contributed by atoms with Crippen molar-refractivity contribution in [1.82, 2.24) is 4.90 Å². The second-order valence-corrected chi connectivity index (χ2v) is 9.40. The predicted octanol–water partition coefficient (Wildman–Crippen LogP) is 4.21. The van der Waals surface area contributed by atoms with Crippen molar-refractivity contribution in [2.45, 2.75) is 36.6 Å². The maximum absolute atomic E-state index is 13.3. The molecule has 1 unspecified atom stereocenters. The molecule has 6 nitrogen and oxygen atoms in total. The van der Waals surface area contributed by atoms with E-state index in [9.17, 15) is 8.78 Å². The summed E-state index contributed by atoms with van der Waals surface area (Å²) < 4.78 is 42.9. The molecule has 2 N–H and O–H groups in total. The SMILES string of the molecule is COc1cc2c(cc1OC)N(C1CCN(CCCOc3ccc(F)c(F)c3)CC1)C(N)SC2. The largest absolute Gasteiger partial charge is 0.493 e. The summed E-state index contributed by atoms with van der Waals surface area (Å²) in [5.74, 6) is 0.921. The third kappa shape index (κ3) is 5.47. The first kappa shape index (κ1) is 23.9. The third-order valence-electron chi connectivity index (χ3n) is 6.28. The normalized spacial score (nSPS) is 19.3. The number of rotatable bonds is 8. The molecule has 180 valence electrons. The van der Waals surface area contributed by atoms with Crippen LogP contribution in [-0.4, -0.2) is 56.9 Å². The van der Waals surface area contributed by atoms with Crippen molar-refractivity contribution in [2.24, 2.45) is 5.73 Å². The molecular weight excluding hydrogens is 448 g/mol. The lowest BCUT2D eigenvalue weighted by Gasteiger charge is -2.45. The van der Waals surface area contributed by atoms with Gasteiger partial charge < -0.3 is 29.7 Å². The minimum Gasteiger partial charge on any atom is -0.493 e. The van der Waals surface area contributed by atoms with Gasteiger partial charge in [0.1, 0.15) is 11.2 Å². The number of likely N-dealkylation sites (tertiary alicyclic amines) is 1. The second-order valence-electron chi connectivity index (χ2n) is 8.30. The van der Waals surface area contributed by atoms with Crippen LogP contribution in [0.2, 0.25) is 0 Å². The van der Waals surface area contributed by atoms with Crippen molar-refractivity contribution >= 4 is 17.4 Å². The van der Waals surface area contributed by atoms with Crippen molar-refractivity contribution in [3.8, 4) is 17.2 Å². The third-order valence-corrected chi connectivity index (χ3v) is 7.32. The zero-order valence-corrected chi connectivity index (χ0v) is 19.9. The van der Waals surface area contributed by atoms with Crippen LogP contribution >= 0.6 is 11.8 Å². The number of hydrogen-bond acceptors (Lipinski definition) is 7. The maximum Gasteiger partial charge on any atom is 0.162 e. The zero-order chi connectivity index (χ0) is 23.4. The van der Waals surface area contributed by atoms with E-state index in [-0.39, 0.29) is 5.50 Å². The molecule has 2 aromatic carbocycles. The van der Waals surface area contributed by atoms with Gasteiger partial charge in [-0.1, -0.05) is 0 Å². The van der Waals surface area contributed by atoms with Crippen LogP contribution in [0, 0.1) is 11.6 Å². The summed E-state index contributed by atoms with van der Waals surface area (Å²) in [6.45, 7) is 3.32. The van der Waals surface area contributed by atoms with E-state index in [4.69, 9.17) is 19.9 Å². The summed E-state index contributed by atoms with van der Waals surface area (Å²) >= 11 is 1.74. The fourth-order valence-corrected chi connectivity index (χ4v) is 5.56. The molecule has 4 rings (SSSR count). The van der Waals surface area contributed by atoms with Gasteiger partial charge in [-0.3, -0.25) is 0 Å². The number of piperidine rings is 1. The fraction of sp³-hybridized carbons (Fsp3) is 0.500. The number of fused-ring (bicyclic) bond motifs is 1. The number of ether oxygens (including phenoxy) is 3. The molecule has 33 heavy (non-hydrogen) atoms. The van der Waals surface area contributed by atoms with E-state index in [0.717, 1.165) is 74.0 Å². The van der Waals surface area contributed by atoms with Crippen LogP contribution in [0.3, 0.4) is 0 Å². The molecule has 0 saturated carbocycles. The summed E-state index contributed by atoms with van der Waals surface area (Å²) in [6, 6.07) is 8.09. The minimum absolute atomic E-state index is 0.0864. The summed E-state index contributed by atoms with van der Waals surface area (Å²) in [7, 11) is 3.31. The molecule has 2 heterocycles. The average molecular weight is 480 g/mol. The first-order valence-electron chi connectivity index (χ1n) is 11.2. The molecule has 0 aromatic heterocycles.